The van der Waals surface area contributed by atoms with E-state index in [1.165, 1.54) is 11.6 Å². The molecule has 1 aromatic carbocycles. The van der Waals surface area contributed by atoms with Crippen LogP contribution in [-0.4, -0.2) is 64.6 Å². The smallest absolute Gasteiger partial charge is 0.317 e. The highest BCUT2D eigenvalue weighted by Gasteiger charge is 2.41. The maximum Gasteiger partial charge on any atom is 0.317 e. The van der Waals surface area contributed by atoms with Gasteiger partial charge in [-0.15, -0.1) is 0 Å². The molecule has 5 nitrogen and oxygen atoms in total. The van der Waals surface area contributed by atoms with Crippen LogP contribution < -0.4 is 0 Å². The summed E-state index contributed by atoms with van der Waals surface area (Å²) < 4.78 is 14.7. The van der Waals surface area contributed by atoms with Crippen LogP contribution in [0.25, 0.3) is 0 Å². The fourth-order valence-corrected chi connectivity index (χ4v) is 5.15. The monoisotopic (exact) mass is 446 g/mol. The molecule has 3 aliphatic rings. The first-order valence-corrected chi connectivity index (χ1v) is 11.8. The van der Waals surface area contributed by atoms with Gasteiger partial charge in [0.25, 0.3) is 0 Å². The van der Waals surface area contributed by atoms with E-state index in [-0.39, 0.29) is 29.3 Å². The maximum atomic E-state index is 14.7. The van der Waals surface area contributed by atoms with E-state index < -0.39 is 12.0 Å². The van der Waals surface area contributed by atoms with E-state index in [0.29, 0.717) is 18.0 Å². The molecule has 0 bridgehead atoms. The third-order valence-electron chi connectivity index (χ3n) is 6.76. The lowest BCUT2D eigenvalue weighted by molar-refractivity contribution is -0.138. The summed E-state index contributed by atoms with van der Waals surface area (Å²) >= 11 is 4.80. The molecule has 3 fully saturated rings. The number of ketones is 1. The topological polar surface area (TPSA) is 60.9 Å². The number of carboxylic acids is 1. The number of nitrogens with zero attached hydrogens (tertiary/aromatic N) is 2. The molecule has 7 heteroatoms. The number of piperidine rings is 2. The summed E-state index contributed by atoms with van der Waals surface area (Å²) in [5, 5.41) is 9.13. The van der Waals surface area contributed by atoms with Gasteiger partial charge < -0.3 is 5.11 Å². The number of allylic oxidation sites excluding steroid dienone is 1. The number of rotatable bonds is 7. The summed E-state index contributed by atoms with van der Waals surface area (Å²) in [6.07, 6.45) is 6.79. The first-order chi connectivity index (χ1) is 14.9. The average Bonchev–Trinajstić information content (AvgIpc) is 3.58. The van der Waals surface area contributed by atoms with Crippen LogP contribution in [0, 0.1) is 17.7 Å². The molecule has 31 heavy (non-hydrogen) atoms. The van der Waals surface area contributed by atoms with Crippen molar-refractivity contribution in [3.05, 3.63) is 47.3 Å². The minimum absolute atomic E-state index is 0.0596. The van der Waals surface area contributed by atoms with Crippen molar-refractivity contribution < 1.29 is 19.1 Å². The molecule has 0 radical (unpaired) electrons. The van der Waals surface area contributed by atoms with Crippen molar-refractivity contribution in [2.45, 2.75) is 43.4 Å². The van der Waals surface area contributed by atoms with E-state index in [1.807, 2.05) is 4.90 Å². The molecule has 1 N–H and O–H groups in total. The van der Waals surface area contributed by atoms with Crippen molar-refractivity contribution in [2.24, 2.45) is 11.8 Å². The molecule has 2 unspecified atom stereocenters. The molecule has 2 saturated heterocycles. The zero-order valence-electron chi connectivity index (χ0n) is 17.8. The normalized spacial score (nSPS) is 26.1. The van der Waals surface area contributed by atoms with Crippen LogP contribution in [0.1, 0.15) is 43.7 Å². The lowest BCUT2D eigenvalue weighted by Gasteiger charge is -2.38. The minimum Gasteiger partial charge on any atom is -0.480 e. The maximum absolute atomic E-state index is 14.7. The molecule has 0 amide bonds. The third-order valence-corrected chi connectivity index (χ3v) is 7.35. The van der Waals surface area contributed by atoms with Crippen LogP contribution in [0.5, 0.6) is 0 Å². The number of hydrogen-bond donors (Lipinski definition) is 2. The zero-order valence-corrected chi connectivity index (χ0v) is 18.6. The Kier molecular flexibility index (Phi) is 7.14. The van der Waals surface area contributed by atoms with Crippen LogP contribution in [0.3, 0.4) is 0 Å². The highest BCUT2D eigenvalue weighted by atomic mass is 32.1. The SMILES string of the molecule is O=C(O)CN1CCC(/C=C2/CN(C(C(=O)C3CC3)c3ccccc3F)CCC2S)CC1. The number of Topliss-reactive ketones (excluding diaryl/α,β-unsaturated/α-hetero) is 1. The van der Waals surface area contributed by atoms with E-state index in [2.05, 4.69) is 11.0 Å². The number of likely N-dealkylation sites (tertiary alicyclic amines) is 2. The number of benzene rings is 1. The minimum atomic E-state index is -0.783. The Balaban J connectivity index is 1.49. The Morgan fingerprint density at radius 3 is 2.48 bits per heavy atom. The summed E-state index contributed by atoms with van der Waals surface area (Å²) in [6.45, 7) is 3.00. The molecule has 168 valence electrons. The molecule has 4 rings (SSSR count). The highest BCUT2D eigenvalue weighted by molar-refractivity contribution is 7.81. The van der Waals surface area contributed by atoms with E-state index in [9.17, 15) is 14.0 Å². The van der Waals surface area contributed by atoms with Crippen molar-refractivity contribution >= 4 is 24.4 Å². The van der Waals surface area contributed by atoms with Gasteiger partial charge in [-0.2, -0.15) is 12.6 Å². The molecular weight excluding hydrogens is 415 g/mol. The summed E-state index contributed by atoms with van der Waals surface area (Å²) in [6, 6.07) is 6.12. The van der Waals surface area contributed by atoms with Gasteiger partial charge >= 0.3 is 5.97 Å². The van der Waals surface area contributed by atoms with Crippen molar-refractivity contribution in [3.8, 4) is 0 Å². The Labute approximate surface area is 188 Å². The molecular formula is C24H31FN2O3S. The van der Waals surface area contributed by atoms with Gasteiger partial charge in [0.2, 0.25) is 0 Å². The number of aliphatic carboxylic acids is 1. The number of carboxylic acid groups (broad SMARTS) is 1. The molecule has 2 aliphatic heterocycles. The summed E-state index contributed by atoms with van der Waals surface area (Å²) in [5.41, 5.74) is 1.69. The fourth-order valence-electron chi connectivity index (χ4n) is 4.87. The number of halogens is 1. The predicted molar refractivity (Wildman–Crippen MR) is 121 cm³/mol. The van der Waals surface area contributed by atoms with E-state index in [1.54, 1.807) is 18.2 Å². The Hall–Kier alpha value is -1.70. The van der Waals surface area contributed by atoms with Gasteiger partial charge in [0.05, 0.1) is 12.6 Å². The van der Waals surface area contributed by atoms with E-state index >= 15 is 0 Å². The Morgan fingerprint density at radius 1 is 1.13 bits per heavy atom. The summed E-state index contributed by atoms with van der Waals surface area (Å²) in [5.74, 6) is -0.505. The van der Waals surface area contributed by atoms with Crippen molar-refractivity contribution in [2.75, 3.05) is 32.7 Å². The number of carbonyl (C=O) groups excluding carboxylic acids is 1. The second kappa shape index (κ2) is 9.84. The van der Waals surface area contributed by atoms with Crippen molar-refractivity contribution in [3.63, 3.8) is 0 Å². The lowest BCUT2D eigenvalue weighted by Crippen LogP contribution is -2.43. The average molecular weight is 447 g/mol. The molecule has 2 atom stereocenters. The number of hydrogen-bond acceptors (Lipinski definition) is 5. The predicted octanol–water partition coefficient (Wildman–Crippen LogP) is 3.57. The van der Waals surface area contributed by atoms with Crippen LogP contribution >= 0.6 is 12.6 Å². The second-order valence-electron chi connectivity index (χ2n) is 9.12. The first-order valence-electron chi connectivity index (χ1n) is 11.3. The van der Waals surface area contributed by atoms with Gasteiger partial charge in [-0.05, 0) is 62.8 Å². The third kappa shape index (κ3) is 5.57. The standard InChI is InChI=1S/C24H31FN2O3S/c25-20-4-2-1-3-19(20)23(24(30)17-5-6-17)27-12-9-21(31)18(14-27)13-16-7-10-26(11-8-16)15-22(28)29/h1-4,13,16-17,21,23,31H,5-12,14-15H2,(H,28,29)/b18-13-. The Bertz CT molecular complexity index is 849. The fraction of sp³-hybridized carbons (Fsp3) is 0.583. The van der Waals surface area contributed by atoms with Gasteiger partial charge in [0, 0.05) is 29.8 Å². The molecule has 1 aliphatic carbocycles. The summed E-state index contributed by atoms with van der Waals surface area (Å²) in [4.78, 5) is 28.2. The summed E-state index contributed by atoms with van der Waals surface area (Å²) in [7, 11) is 0. The zero-order chi connectivity index (χ0) is 22.0. The number of thiol groups is 1. The Morgan fingerprint density at radius 2 is 1.84 bits per heavy atom. The van der Waals surface area contributed by atoms with Crippen molar-refractivity contribution in [1.29, 1.82) is 0 Å². The quantitative estimate of drug-likeness (QED) is 0.495. The van der Waals surface area contributed by atoms with Gasteiger partial charge in [0.1, 0.15) is 5.82 Å². The molecule has 0 spiro atoms. The molecule has 2 heterocycles. The van der Waals surface area contributed by atoms with E-state index in [0.717, 1.165) is 51.7 Å². The first kappa shape index (κ1) is 22.5. The van der Waals surface area contributed by atoms with Crippen LogP contribution in [0.2, 0.25) is 0 Å². The van der Waals surface area contributed by atoms with Gasteiger partial charge in [-0.1, -0.05) is 24.3 Å². The van der Waals surface area contributed by atoms with Crippen molar-refractivity contribution in [1.82, 2.24) is 9.80 Å². The highest BCUT2D eigenvalue weighted by Crippen LogP contribution is 2.39. The van der Waals surface area contributed by atoms with Gasteiger partial charge in [-0.3, -0.25) is 19.4 Å². The van der Waals surface area contributed by atoms with Crippen LogP contribution in [0.4, 0.5) is 4.39 Å². The second-order valence-corrected chi connectivity index (χ2v) is 9.75. The largest absolute Gasteiger partial charge is 0.480 e. The van der Waals surface area contributed by atoms with Gasteiger partial charge in [-0.25, -0.2) is 4.39 Å². The van der Waals surface area contributed by atoms with Crippen LogP contribution in [0.15, 0.2) is 35.9 Å². The van der Waals surface area contributed by atoms with Crippen LogP contribution in [-0.2, 0) is 9.59 Å². The molecule has 1 saturated carbocycles. The van der Waals surface area contributed by atoms with Gasteiger partial charge in [0.15, 0.2) is 5.78 Å². The lowest BCUT2D eigenvalue weighted by atomic mass is 9.89. The molecule has 0 aromatic heterocycles. The van der Waals surface area contributed by atoms with E-state index in [4.69, 9.17) is 17.7 Å². The number of carbonyl (C=O) groups is 2. The molecule has 1 aromatic rings.